The van der Waals surface area contributed by atoms with Crippen molar-refractivity contribution in [2.45, 2.75) is 77.1 Å². The molecule has 10 N–H and O–H groups in total. The van der Waals surface area contributed by atoms with E-state index in [1.165, 1.54) is 19.9 Å². The number of rotatable bonds is 24. The summed E-state index contributed by atoms with van der Waals surface area (Å²) >= 11 is 1.03. The Morgan fingerprint density at radius 2 is 1.76 bits per heavy atom. The van der Waals surface area contributed by atoms with Gasteiger partial charge in [0.1, 0.15) is 36.3 Å². The van der Waals surface area contributed by atoms with E-state index >= 15 is 0 Å². The van der Waals surface area contributed by atoms with Crippen LogP contribution in [-0.2, 0) is 50.7 Å². The highest BCUT2D eigenvalue weighted by molar-refractivity contribution is 8.14. The minimum absolute atomic E-state index is 0.0299. The van der Waals surface area contributed by atoms with E-state index in [9.17, 15) is 57.9 Å². The lowest BCUT2D eigenvalue weighted by Gasteiger charge is -2.30. The minimum atomic E-state index is -5.57. The molecule has 3 heterocycles. The second-order valence-electron chi connectivity index (χ2n) is 13.1. The van der Waals surface area contributed by atoms with Crippen LogP contribution in [0.2, 0.25) is 0 Å². The predicted octanol–water partition coefficient (Wildman–Crippen LogP) is 0.967. The first kappa shape index (κ1) is 49.4. The van der Waals surface area contributed by atoms with Gasteiger partial charge in [-0.3, -0.25) is 32.5 Å². The number of phosphoric acid groups is 3. The quantitative estimate of drug-likeness (QED) is 0.0307. The van der Waals surface area contributed by atoms with Gasteiger partial charge in [0, 0.05) is 30.7 Å². The second kappa shape index (κ2) is 22.0. The number of ether oxygens (including phenoxy) is 1. The van der Waals surface area contributed by atoms with Crippen molar-refractivity contribution in [1.29, 1.82) is 0 Å². The van der Waals surface area contributed by atoms with Crippen LogP contribution >= 0.6 is 35.2 Å². The molecule has 28 heteroatoms. The van der Waals surface area contributed by atoms with E-state index in [4.69, 9.17) is 19.5 Å². The van der Waals surface area contributed by atoms with E-state index in [-0.39, 0.29) is 41.6 Å². The molecule has 58 heavy (non-hydrogen) atoms. The van der Waals surface area contributed by atoms with Gasteiger partial charge in [0.05, 0.1) is 19.5 Å². The van der Waals surface area contributed by atoms with E-state index < -0.39 is 84.6 Å². The number of aliphatic hydroxyl groups is 2. The molecule has 0 saturated carbocycles. The van der Waals surface area contributed by atoms with Crippen LogP contribution in [0.1, 0.15) is 52.7 Å². The smallest absolute Gasteiger partial charge is 0.386 e. The summed E-state index contributed by atoms with van der Waals surface area (Å²) in [5.41, 5.74) is 4.26. The average Bonchev–Trinajstić information content (AvgIpc) is 3.69. The molecule has 0 spiro atoms. The number of amides is 2. The fraction of sp³-hybridized carbons (Fsp3) is 0.600. The maximum Gasteiger partial charge on any atom is 0.481 e. The molecular formula is C30H48N7O17P3S. The van der Waals surface area contributed by atoms with Gasteiger partial charge in [-0.05, 0) is 18.9 Å². The summed E-state index contributed by atoms with van der Waals surface area (Å²) in [7, 11) is -16.4. The first-order valence-corrected chi connectivity index (χ1v) is 22.9. The molecule has 1 fully saturated rings. The lowest BCUT2D eigenvalue weighted by molar-refractivity contribution is -0.137. The van der Waals surface area contributed by atoms with Crippen molar-refractivity contribution >= 4 is 69.1 Å². The Morgan fingerprint density at radius 1 is 1.05 bits per heavy atom. The first-order chi connectivity index (χ1) is 27.1. The number of hydrogen-bond acceptors (Lipinski definition) is 18. The Morgan fingerprint density at radius 3 is 2.45 bits per heavy atom. The molecule has 1 aliphatic heterocycles. The topological polar surface area (TPSA) is 364 Å². The Kier molecular flexibility index (Phi) is 18.8. The van der Waals surface area contributed by atoms with E-state index in [0.29, 0.717) is 12.2 Å². The second-order valence-corrected chi connectivity index (χ2v) is 18.5. The van der Waals surface area contributed by atoms with Gasteiger partial charge in [-0.25, -0.2) is 28.6 Å². The standard InChI is InChI=1S/C30H48N7O17P3S/c1-4-5-6-7-8-9-10-21(39)58-14-13-32-20(38)11-12-33-28(42)25(41)30(2,3)16-51-57(48,49)54-56(46,47)50-15-19-24(53-55(43,44)45)23(40)29(52-19)37-18-36-22-26(31)34-17-35-27(22)37/h6-7,9-10,17-19,23-25,29,40-41H,4-5,8,11-16H2,1-3H3,(H,32,38)(H,33,42)(H,46,47)(H,48,49)(H2,31,34,35)(H2,43,44,45)/b7-6+,10-9+. The van der Waals surface area contributed by atoms with Crippen molar-refractivity contribution in [3.05, 3.63) is 37.0 Å². The third kappa shape index (κ3) is 15.9. The Labute approximate surface area is 336 Å². The number of unbranched alkanes of at least 4 members (excludes halogenated alkanes) is 1. The molecule has 7 unspecified atom stereocenters. The number of nitrogen functional groups attached to an aromatic ring is 1. The zero-order valence-electron chi connectivity index (χ0n) is 31.5. The molecule has 0 radical (unpaired) electrons. The summed E-state index contributed by atoms with van der Waals surface area (Å²) in [5, 5.41) is 26.2. The maximum absolute atomic E-state index is 12.7. The monoisotopic (exact) mass is 903 g/mol. The van der Waals surface area contributed by atoms with Gasteiger partial charge in [-0.15, -0.1) is 0 Å². The number of allylic oxidation sites excluding steroid dienone is 3. The van der Waals surface area contributed by atoms with E-state index in [0.717, 1.165) is 41.8 Å². The van der Waals surface area contributed by atoms with Crippen LogP contribution in [0, 0.1) is 5.41 Å². The van der Waals surface area contributed by atoms with Gasteiger partial charge in [-0.2, -0.15) is 4.31 Å². The number of phosphoric ester groups is 3. The van der Waals surface area contributed by atoms with Crippen molar-refractivity contribution in [3.63, 3.8) is 0 Å². The van der Waals surface area contributed by atoms with Gasteiger partial charge >= 0.3 is 23.5 Å². The number of hydrogen-bond donors (Lipinski definition) is 9. The number of thioether (sulfide) groups is 1. The number of nitrogens with two attached hydrogens (primary N) is 1. The summed E-state index contributed by atoms with van der Waals surface area (Å²) in [4.78, 5) is 87.6. The number of aliphatic hydroxyl groups excluding tert-OH is 2. The molecule has 0 aliphatic carbocycles. The molecule has 7 atom stereocenters. The summed E-state index contributed by atoms with van der Waals surface area (Å²) < 4.78 is 62.1. The number of aromatic nitrogens is 4. The van der Waals surface area contributed by atoms with Crippen molar-refractivity contribution < 1.29 is 80.5 Å². The van der Waals surface area contributed by atoms with Gasteiger partial charge in [-0.1, -0.05) is 57.2 Å². The van der Waals surface area contributed by atoms with Crippen LogP contribution < -0.4 is 16.4 Å². The zero-order chi connectivity index (χ0) is 43.3. The molecule has 2 amide bonds. The van der Waals surface area contributed by atoms with Crippen molar-refractivity contribution in [1.82, 2.24) is 30.2 Å². The number of anilines is 1. The van der Waals surface area contributed by atoms with Crippen molar-refractivity contribution in [3.8, 4) is 0 Å². The molecule has 3 rings (SSSR count). The van der Waals surface area contributed by atoms with E-state index in [1.807, 2.05) is 12.2 Å². The average molecular weight is 904 g/mol. The number of nitrogens with one attached hydrogen (secondary N) is 2. The van der Waals surface area contributed by atoms with Crippen LogP contribution in [0.25, 0.3) is 11.2 Å². The number of nitrogens with zero attached hydrogens (tertiary/aromatic N) is 4. The Hall–Kier alpha value is -2.96. The SMILES string of the molecule is CCC/C=C/C/C=C/C(=O)SCCNC(=O)CCNC(=O)C(O)C(C)(C)COP(=O)(O)OP(=O)(O)OCC1OC(n2cnc3c(N)ncnc32)C(O)C1OP(=O)(O)O. The Balaban J connectivity index is 1.45. The minimum Gasteiger partial charge on any atom is -0.386 e. The molecular weight excluding hydrogens is 855 g/mol. The molecule has 0 aromatic carbocycles. The molecule has 0 bridgehead atoms. The third-order valence-corrected chi connectivity index (χ3v) is 11.8. The molecule has 2 aromatic heterocycles. The van der Waals surface area contributed by atoms with Crippen LogP contribution in [0.5, 0.6) is 0 Å². The normalized spacial score (nSPS) is 21.6. The van der Waals surface area contributed by atoms with Crippen LogP contribution in [-0.4, -0.2) is 123 Å². The fourth-order valence-corrected chi connectivity index (χ4v) is 8.38. The van der Waals surface area contributed by atoms with Crippen LogP contribution in [0.4, 0.5) is 5.82 Å². The summed E-state index contributed by atoms with van der Waals surface area (Å²) in [6.45, 7) is 2.54. The zero-order valence-corrected chi connectivity index (χ0v) is 35.0. The maximum atomic E-state index is 12.7. The van der Waals surface area contributed by atoms with Gasteiger partial charge < -0.3 is 50.9 Å². The van der Waals surface area contributed by atoms with Gasteiger partial charge in [0.2, 0.25) is 16.9 Å². The summed E-state index contributed by atoms with van der Waals surface area (Å²) in [6, 6.07) is 0. The highest BCUT2D eigenvalue weighted by atomic mass is 32.2. The number of carbonyl (C=O) groups is 3. The number of carbonyl (C=O) groups excluding carboxylic acids is 3. The number of imidazole rings is 1. The predicted molar refractivity (Wildman–Crippen MR) is 205 cm³/mol. The highest BCUT2D eigenvalue weighted by Gasteiger charge is 2.50. The fourth-order valence-electron chi connectivity index (χ4n) is 4.95. The van der Waals surface area contributed by atoms with Crippen LogP contribution in [0.15, 0.2) is 37.0 Å². The van der Waals surface area contributed by atoms with Gasteiger partial charge in [0.15, 0.2) is 17.7 Å². The van der Waals surface area contributed by atoms with Crippen molar-refractivity contribution in [2.75, 3.05) is 37.8 Å². The third-order valence-electron chi connectivity index (χ3n) is 7.89. The summed E-state index contributed by atoms with van der Waals surface area (Å²) in [5.74, 6) is -1.14. The molecule has 24 nitrogen and oxygen atoms in total. The lowest BCUT2D eigenvalue weighted by Crippen LogP contribution is -2.46. The number of fused-ring (bicyclic) bond motifs is 1. The van der Waals surface area contributed by atoms with Gasteiger partial charge in [0.25, 0.3) is 0 Å². The van der Waals surface area contributed by atoms with Crippen molar-refractivity contribution in [2.24, 2.45) is 5.41 Å². The summed E-state index contributed by atoms with van der Waals surface area (Å²) in [6.07, 6.45) is 2.95. The van der Waals surface area contributed by atoms with E-state index in [2.05, 4.69) is 41.3 Å². The first-order valence-electron chi connectivity index (χ1n) is 17.4. The molecule has 2 aromatic rings. The largest absolute Gasteiger partial charge is 0.481 e. The Bertz CT molecular complexity index is 1930. The van der Waals surface area contributed by atoms with E-state index in [1.54, 1.807) is 6.08 Å². The van der Waals surface area contributed by atoms with Crippen LogP contribution in [0.3, 0.4) is 0 Å². The lowest BCUT2D eigenvalue weighted by atomic mass is 9.87. The molecule has 1 saturated heterocycles. The highest BCUT2D eigenvalue weighted by Crippen LogP contribution is 2.61. The molecule has 1 aliphatic rings. The molecule has 326 valence electrons.